The van der Waals surface area contributed by atoms with E-state index in [1.165, 1.54) is 6.07 Å². The van der Waals surface area contributed by atoms with Gasteiger partial charge in [-0.3, -0.25) is 4.79 Å². The van der Waals surface area contributed by atoms with Crippen LogP contribution in [0, 0.1) is 6.92 Å². The summed E-state index contributed by atoms with van der Waals surface area (Å²) >= 11 is 6.03. The summed E-state index contributed by atoms with van der Waals surface area (Å²) in [7, 11) is 0. The Morgan fingerprint density at radius 2 is 1.81 bits per heavy atom. The Morgan fingerprint density at radius 3 is 2.59 bits per heavy atom. The van der Waals surface area contributed by atoms with Crippen molar-refractivity contribution < 1.29 is 4.52 Å². The van der Waals surface area contributed by atoms with Crippen molar-refractivity contribution in [2.45, 2.75) is 13.5 Å². The molecule has 2 aromatic heterocycles. The first-order valence-corrected chi connectivity index (χ1v) is 8.82. The third-order valence-electron chi connectivity index (χ3n) is 4.21. The van der Waals surface area contributed by atoms with Gasteiger partial charge >= 0.3 is 0 Å². The Balaban J connectivity index is 1.65. The summed E-state index contributed by atoms with van der Waals surface area (Å²) in [5.74, 6) is 0.878. The van der Waals surface area contributed by atoms with Gasteiger partial charge < -0.3 is 9.09 Å². The zero-order valence-corrected chi connectivity index (χ0v) is 15.3. The summed E-state index contributed by atoms with van der Waals surface area (Å²) in [6, 6.07) is 18.5. The van der Waals surface area contributed by atoms with E-state index in [1.54, 1.807) is 22.9 Å². The van der Waals surface area contributed by atoms with Gasteiger partial charge in [0.1, 0.15) is 0 Å². The zero-order chi connectivity index (χ0) is 18.8. The average Bonchev–Trinajstić information content (AvgIpc) is 3.14. The molecule has 4 rings (SSSR count). The molecule has 0 N–H and O–H groups in total. The molecule has 2 heterocycles. The molecule has 5 nitrogen and oxygen atoms in total. The third-order valence-corrected chi connectivity index (χ3v) is 4.44. The molecule has 0 radical (unpaired) electrons. The van der Waals surface area contributed by atoms with Crippen LogP contribution in [0.2, 0.25) is 5.02 Å². The SMILES string of the molecule is Cc1ccc(-c2noc(-c3ccc(=O)n(Cc4cccc(Cl)c4)c3)n2)cc1. The highest BCUT2D eigenvalue weighted by atomic mass is 35.5. The first-order valence-electron chi connectivity index (χ1n) is 8.44. The maximum atomic E-state index is 12.2. The summed E-state index contributed by atoms with van der Waals surface area (Å²) in [4.78, 5) is 16.7. The minimum atomic E-state index is -0.114. The van der Waals surface area contributed by atoms with Crippen LogP contribution in [0.15, 0.2) is 76.2 Å². The molecule has 6 heteroatoms. The van der Waals surface area contributed by atoms with Crippen molar-refractivity contribution in [3.63, 3.8) is 0 Å². The minimum Gasteiger partial charge on any atom is -0.334 e. The van der Waals surface area contributed by atoms with Gasteiger partial charge in [-0.05, 0) is 30.7 Å². The summed E-state index contributed by atoms with van der Waals surface area (Å²) in [5, 5.41) is 4.68. The summed E-state index contributed by atoms with van der Waals surface area (Å²) in [6.07, 6.45) is 1.72. The van der Waals surface area contributed by atoms with Gasteiger partial charge in [0, 0.05) is 22.8 Å². The van der Waals surface area contributed by atoms with Crippen molar-refractivity contribution in [2.75, 3.05) is 0 Å². The van der Waals surface area contributed by atoms with Crippen LogP contribution < -0.4 is 5.56 Å². The fourth-order valence-electron chi connectivity index (χ4n) is 2.77. The molecule has 2 aromatic carbocycles. The standard InChI is InChI=1S/C21H16ClN3O2/c1-14-5-7-16(8-6-14)20-23-21(27-24-20)17-9-10-19(26)25(13-17)12-15-3-2-4-18(22)11-15/h2-11,13H,12H2,1H3. The summed E-state index contributed by atoms with van der Waals surface area (Å²) in [6.45, 7) is 2.43. The molecule has 0 saturated heterocycles. The Kier molecular flexibility index (Phi) is 4.60. The van der Waals surface area contributed by atoms with E-state index < -0.39 is 0 Å². The summed E-state index contributed by atoms with van der Waals surface area (Å²) < 4.78 is 7.00. The van der Waals surface area contributed by atoms with Gasteiger partial charge in [0.15, 0.2) is 0 Å². The molecule has 0 amide bonds. The molecule has 134 valence electrons. The number of hydrogen-bond donors (Lipinski definition) is 0. The second kappa shape index (κ2) is 7.21. The molecule has 0 atom stereocenters. The minimum absolute atomic E-state index is 0.114. The molecule has 0 aliphatic carbocycles. The van der Waals surface area contributed by atoms with Crippen LogP contribution in [0.4, 0.5) is 0 Å². The quantitative estimate of drug-likeness (QED) is 0.522. The number of pyridine rings is 1. The van der Waals surface area contributed by atoms with Crippen molar-refractivity contribution >= 4 is 11.6 Å². The normalized spacial score (nSPS) is 10.9. The van der Waals surface area contributed by atoms with E-state index in [2.05, 4.69) is 10.1 Å². The number of rotatable bonds is 4. The van der Waals surface area contributed by atoms with Crippen molar-refractivity contribution in [1.29, 1.82) is 0 Å². The van der Waals surface area contributed by atoms with Gasteiger partial charge in [-0.25, -0.2) is 0 Å². The van der Waals surface area contributed by atoms with Gasteiger partial charge in [-0.1, -0.05) is 58.7 Å². The van der Waals surface area contributed by atoms with Gasteiger partial charge in [0.25, 0.3) is 11.4 Å². The van der Waals surface area contributed by atoms with Crippen LogP contribution >= 0.6 is 11.6 Å². The maximum absolute atomic E-state index is 12.2. The third kappa shape index (κ3) is 3.83. The number of aryl methyl sites for hydroxylation is 1. The monoisotopic (exact) mass is 377 g/mol. The van der Waals surface area contributed by atoms with E-state index in [4.69, 9.17) is 16.1 Å². The summed E-state index contributed by atoms with van der Waals surface area (Å²) in [5.41, 5.74) is 3.55. The number of aromatic nitrogens is 3. The average molecular weight is 378 g/mol. The van der Waals surface area contributed by atoms with E-state index in [1.807, 2.05) is 49.4 Å². The molecular formula is C21H16ClN3O2. The number of nitrogens with zero attached hydrogens (tertiary/aromatic N) is 3. The Labute approximate surface area is 160 Å². The van der Waals surface area contributed by atoms with E-state index in [0.29, 0.717) is 28.8 Å². The predicted octanol–water partition coefficient (Wildman–Crippen LogP) is 4.58. The second-order valence-electron chi connectivity index (χ2n) is 6.30. The molecule has 0 bridgehead atoms. The molecule has 0 fully saturated rings. The van der Waals surface area contributed by atoms with Crippen molar-refractivity contribution in [3.8, 4) is 22.8 Å². The van der Waals surface area contributed by atoms with E-state index in [9.17, 15) is 4.79 Å². The molecule has 4 aromatic rings. The number of halogens is 1. The maximum Gasteiger partial charge on any atom is 0.259 e. The molecule has 0 spiro atoms. The van der Waals surface area contributed by atoms with E-state index in [0.717, 1.165) is 16.7 Å². The van der Waals surface area contributed by atoms with Crippen LogP contribution in [0.25, 0.3) is 22.8 Å². The first kappa shape index (κ1) is 17.2. The highest BCUT2D eigenvalue weighted by Crippen LogP contribution is 2.22. The topological polar surface area (TPSA) is 60.9 Å². The fraction of sp³-hybridized carbons (Fsp3) is 0.0952. The highest BCUT2D eigenvalue weighted by molar-refractivity contribution is 6.30. The first-order chi connectivity index (χ1) is 13.1. The van der Waals surface area contributed by atoms with Crippen LogP contribution in [0.5, 0.6) is 0 Å². The molecule has 27 heavy (non-hydrogen) atoms. The van der Waals surface area contributed by atoms with Crippen LogP contribution in [0.3, 0.4) is 0 Å². The van der Waals surface area contributed by atoms with Crippen LogP contribution in [-0.2, 0) is 6.54 Å². The van der Waals surface area contributed by atoms with Gasteiger partial charge in [-0.15, -0.1) is 0 Å². The van der Waals surface area contributed by atoms with E-state index >= 15 is 0 Å². The molecule has 0 aliphatic rings. The van der Waals surface area contributed by atoms with Crippen LogP contribution in [-0.4, -0.2) is 14.7 Å². The van der Waals surface area contributed by atoms with Crippen molar-refractivity contribution in [1.82, 2.24) is 14.7 Å². The van der Waals surface area contributed by atoms with Crippen LogP contribution in [0.1, 0.15) is 11.1 Å². The largest absolute Gasteiger partial charge is 0.334 e. The lowest BCUT2D eigenvalue weighted by atomic mass is 10.1. The molecule has 0 aliphatic heterocycles. The smallest absolute Gasteiger partial charge is 0.259 e. The van der Waals surface area contributed by atoms with Gasteiger partial charge in [0.05, 0.1) is 12.1 Å². The van der Waals surface area contributed by atoms with E-state index in [-0.39, 0.29) is 5.56 Å². The van der Waals surface area contributed by atoms with Gasteiger partial charge in [0.2, 0.25) is 5.82 Å². The van der Waals surface area contributed by atoms with Gasteiger partial charge in [-0.2, -0.15) is 4.98 Å². The molecular weight excluding hydrogens is 362 g/mol. The number of hydrogen-bond acceptors (Lipinski definition) is 4. The Hall–Kier alpha value is -3.18. The molecule has 0 unspecified atom stereocenters. The number of benzene rings is 2. The Morgan fingerprint density at radius 1 is 1.04 bits per heavy atom. The molecule has 0 saturated carbocycles. The Bertz CT molecular complexity index is 1150. The van der Waals surface area contributed by atoms with Crippen molar-refractivity contribution in [3.05, 3.63) is 93.4 Å². The zero-order valence-electron chi connectivity index (χ0n) is 14.6. The lowest BCUT2D eigenvalue weighted by Gasteiger charge is -2.07. The highest BCUT2D eigenvalue weighted by Gasteiger charge is 2.12. The lowest BCUT2D eigenvalue weighted by molar-refractivity contribution is 0.432. The lowest BCUT2D eigenvalue weighted by Crippen LogP contribution is -2.19. The van der Waals surface area contributed by atoms with Crippen molar-refractivity contribution in [2.24, 2.45) is 0 Å². The predicted molar refractivity (Wildman–Crippen MR) is 105 cm³/mol. The fourth-order valence-corrected chi connectivity index (χ4v) is 2.99. The second-order valence-corrected chi connectivity index (χ2v) is 6.74.